The molecule has 0 spiro atoms. The molecule has 21 heavy (non-hydrogen) atoms. The number of amides is 1. The molecule has 0 atom stereocenters. The van der Waals surface area contributed by atoms with Crippen LogP contribution in [0.15, 0.2) is 24.3 Å². The van der Waals surface area contributed by atoms with Crippen LogP contribution in [0.2, 0.25) is 0 Å². The third kappa shape index (κ3) is 16.8. The van der Waals surface area contributed by atoms with Crippen LogP contribution in [0.1, 0.15) is 26.7 Å². The van der Waals surface area contributed by atoms with E-state index in [4.69, 9.17) is 14.2 Å². The van der Waals surface area contributed by atoms with Gasteiger partial charge in [-0.05, 0) is 18.8 Å². The fraction of sp³-hybridized carbons (Fsp3) is 0.688. The maximum Gasteiger partial charge on any atom is 0.243 e. The molecule has 0 heterocycles. The van der Waals surface area contributed by atoms with Gasteiger partial charge in [-0.1, -0.05) is 32.1 Å². The molecule has 0 saturated heterocycles. The lowest BCUT2D eigenvalue weighted by atomic mass is 10.2. The Bertz CT molecular complexity index is 301. The number of nitrogens with one attached hydrogen (secondary N) is 1. The molecule has 0 rings (SSSR count). The van der Waals surface area contributed by atoms with E-state index in [1.807, 2.05) is 12.2 Å². The number of methoxy groups -OCH3 is 1. The highest BCUT2D eigenvalue weighted by atomic mass is 16.7. The Kier molecular flexibility index (Phi) is 14.4. The molecule has 0 aromatic heterocycles. The van der Waals surface area contributed by atoms with Gasteiger partial charge in [0.15, 0.2) is 0 Å². The summed E-state index contributed by atoms with van der Waals surface area (Å²) in [6, 6.07) is 0. The molecule has 0 aliphatic heterocycles. The number of carbonyl (C=O) groups is 1. The maximum absolute atomic E-state index is 11.4. The van der Waals surface area contributed by atoms with Crippen LogP contribution in [-0.2, 0) is 19.0 Å². The number of hydrogen-bond acceptors (Lipinski definition) is 4. The molecule has 0 aromatic carbocycles. The molecule has 122 valence electrons. The summed E-state index contributed by atoms with van der Waals surface area (Å²) in [5.74, 6) is 0.418. The summed E-state index contributed by atoms with van der Waals surface area (Å²) in [5.41, 5.74) is 0. The van der Waals surface area contributed by atoms with Crippen LogP contribution in [-0.4, -0.2) is 46.2 Å². The zero-order valence-corrected chi connectivity index (χ0v) is 13.5. The van der Waals surface area contributed by atoms with E-state index in [2.05, 4.69) is 19.2 Å². The van der Waals surface area contributed by atoms with E-state index in [1.165, 1.54) is 0 Å². The minimum absolute atomic E-state index is 0.0510. The van der Waals surface area contributed by atoms with Crippen LogP contribution in [0.5, 0.6) is 0 Å². The minimum atomic E-state index is -0.0510. The summed E-state index contributed by atoms with van der Waals surface area (Å²) in [7, 11) is 1.64. The van der Waals surface area contributed by atoms with E-state index in [1.54, 1.807) is 19.3 Å². The molecule has 0 saturated carbocycles. The van der Waals surface area contributed by atoms with E-state index in [0.717, 1.165) is 12.8 Å². The van der Waals surface area contributed by atoms with Gasteiger partial charge in [-0.25, -0.2) is 0 Å². The molecule has 0 bridgehead atoms. The van der Waals surface area contributed by atoms with Crippen molar-refractivity contribution in [3.05, 3.63) is 24.3 Å². The quantitative estimate of drug-likeness (QED) is 0.245. The first kappa shape index (κ1) is 19.8. The fourth-order valence-corrected chi connectivity index (χ4v) is 1.30. The van der Waals surface area contributed by atoms with Crippen LogP contribution in [0.25, 0.3) is 0 Å². The molecule has 5 heteroatoms. The van der Waals surface area contributed by atoms with Gasteiger partial charge in [0.05, 0.1) is 13.2 Å². The largest absolute Gasteiger partial charge is 0.382 e. The van der Waals surface area contributed by atoms with Crippen molar-refractivity contribution in [3.8, 4) is 0 Å². The second-order valence-corrected chi connectivity index (χ2v) is 5.00. The first-order valence-corrected chi connectivity index (χ1v) is 7.42. The van der Waals surface area contributed by atoms with Crippen molar-refractivity contribution in [1.29, 1.82) is 0 Å². The van der Waals surface area contributed by atoms with Crippen molar-refractivity contribution in [2.75, 3.05) is 40.3 Å². The van der Waals surface area contributed by atoms with Crippen molar-refractivity contribution in [2.45, 2.75) is 26.7 Å². The first-order chi connectivity index (χ1) is 10.2. The molecule has 0 fully saturated rings. The van der Waals surface area contributed by atoms with Crippen molar-refractivity contribution < 1.29 is 19.0 Å². The van der Waals surface area contributed by atoms with E-state index >= 15 is 0 Å². The monoisotopic (exact) mass is 299 g/mol. The van der Waals surface area contributed by atoms with E-state index in [-0.39, 0.29) is 5.91 Å². The zero-order chi connectivity index (χ0) is 15.8. The van der Waals surface area contributed by atoms with Gasteiger partial charge in [0, 0.05) is 26.3 Å². The van der Waals surface area contributed by atoms with Crippen LogP contribution in [0.3, 0.4) is 0 Å². The molecule has 0 aromatic rings. The predicted octanol–water partition coefficient (Wildman–Crippen LogP) is 2.29. The normalized spacial score (nSPS) is 11.8. The second-order valence-electron chi connectivity index (χ2n) is 5.00. The highest BCUT2D eigenvalue weighted by Gasteiger charge is 1.95. The highest BCUT2D eigenvalue weighted by molar-refractivity contribution is 5.87. The molecular weight excluding hydrogens is 270 g/mol. The molecule has 0 radical (unpaired) electrons. The predicted molar refractivity (Wildman–Crippen MR) is 84.0 cm³/mol. The zero-order valence-electron chi connectivity index (χ0n) is 13.5. The Labute approximate surface area is 128 Å². The van der Waals surface area contributed by atoms with Crippen LogP contribution >= 0.6 is 0 Å². The minimum Gasteiger partial charge on any atom is -0.382 e. The van der Waals surface area contributed by atoms with Gasteiger partial charge in [-0.3, -0.25) is 4.79 Å². The van der Waals surface area contributed by atoms with Crippen LogP contribution in [0, 0.1) is 5.92 Å². The Balaban J connectivity index is 3.37. The van der Waals surface area contributed by atoms with Crippen molar-refractivity contribution in [1.82, 2.24) is 5.32 Å². The van der Waals surface area contributed by atoms with Crippen molar-refractivity contribution in [3.63, 3.8) is 0 Å². The Morgan fingerprint density at radius 3 is 2.62 bits per heavy atom. The van der Waals surface area contributed by atoms with Gasteiger partial charge < -0.3 is 19.5 Å². The lowest BCUT2D eigenvalue weighted by Crippen LogP contribution is -2.25. The number of unbranched alkanes of at least 4 members (excludes halogenated alkanes) is 1. The summed E-state index contributed by atoms with van der Waals surface area (Å²) < 4.78 is 15.3. The topological polar surface area (TPSA) is 56.8 Å². The summed E-state index contributed by atoms with van der Waals surface area (Å²) in [6.45, 7) is 6.95. The Morgan fingerprint density at radius 1 is 1.14 bits per heavy atom. The number of hydrogen-bond donors (Lipinski definition) is 1. The lowest BCUT2D eigenvalue weighted by Gasteiger charge is -2.04. The summed E-state index contributed by atoms with van der Waals surface area (Å²) in [6.07, 6.45) is 9.03. The van der Waals surface area contributed by atoms with Gasteiger partial charge in [0.2, 0.25) is 5.91 Å². The third-order valence-electron chi connectivity index (χ3n) is 2.44. The van der Waals surface area contributed by atoms with Gasteiger partial charge in [0.1, 0.15) is 6.79 Å². The Hall–Kier alpha value is -1.17. The maximum atomic E-state index is 11.4. The molecule has 5 nitrogen and oxygen atoms in total. The SMILES string of the molecule is COCCOCOCCC/C=C/C=C/C(=O)NCC(C)C. The molecule has 0 aliphatic carbocycles. The number of rotatable bonds is 13. The van der Waals surface area contributed by atoms with Crippen LogP contribution in [0.4, 0.5) is 0 Å². The average Bonchev–Trinajstić information content (AvgIpc) is 2.46. The van der Waals surface area contributed by atoms with Crippen molar-refractivity contribution >= 4 is 5.91 Å². The number of ether oxygens (including phenoxy) is 3. The fourth-order valence-electron chi connectivity index (χ4n) is 1.30. The van der Waals surface area contributed by atoms with Crippen molar-refractivity contribution in [2.24, 2.45) is 5.92 Å². The standard InChI is InChI=1S/C16H29NO4/c1-15(2)13-17-16(18)9-7-5-4-6-8-10-20-14-21-12-11-19-3/h4-5,7,9,15H,6,8,10-14H2,1-3H3,(H,17,18)/b5-4+,9-7+. The first-order valence-electron chi connectivity index (χ1n) is 7.42. The van der Waals surface area contributed by atoms with Gasteiger partial charge >= 0.3 is 0 Å². The molecule has 1 N–H and O–H groups in total. The van der Waals surface area contributed by atoms with E-state index in [0.29, 0.717) is 39.1 Å². The average molecular weight is 299 g/mol. The molecule has 0 unspecified atom stereocenters. The summed E-state index contributed by atoms with van der Waals surface area (Å²) >= 11 is 0. The van der Waals surface area contributed by atoms with Crippen LogP contribution < -0.4 is 5.32 Å². The van der Waals surface area contributed by atoms with Gasteiger partial charge in [-0.15, -0.1) is 0 Å². The number of allylic oxidation sites excluding steroid dienone is 3. The Morgan fingerprint density at radius 2 is 1.90 bits per heavy atom. The van der Waals surface area contributed by atoms with Gasteiger partial charge in [0.25, 0.3) is 0 Å². The molecule has 0 aliphatic rings. The van der Waals surface area contributed by atoms with E-state index < -0.39 is 0 Å². The summed E-state index contributed by atoms with van der Waals surface area (Å²) in [4.78, 5) is 11.4. The van der Waals surface area contributed by atoms with Gasteiger partial charge in [-0.2, -0.15) is 0 Å². The summed E-state index contributed by atoms with van der Waals surface area (Å²) in [5, 5.41) is 2.82. The van der Waals surface area contributed by atoms with E-state index in [9.17, 15) is 4.79 Å². The third-order valence-corrected chi connectivity index (χ3v) is 2.44. The molecular formula is C16H29NO4. The number of carbonyl (C=O) groups excluding carboxylic acids is 1. The smallest absolute Gasteiger partial charge is 0.243 e. The highest BCUT2D eigenvalue weighted by Crippen LogP contribution is 1.93. The second kappa shape index (κ2) is 15.2. The lowest BCUT2D eigenvalue weighted by molar-refractivity contribution is -0.116. The molecule has 1 amide bonds.